The Morgan fingerprint density at radius 2 is 1.42 bits per heavy atom. The van der Waals surface area contributed by atoms with Gasteiger partial charge < -0.3 is 18.4 Å². The van der Waals surface area contributed by atoms with Crippen molar-refractivity contribution in [3.8, 4) is 0 Å². The predicted molar refractivity (Wildman–Crippen MR) is 45.0 cm³/mol. The van der Waals surface area contributed by atoms with Crippen molar-refractivity contribution in [1.82, 2.24) is 0 Å². The molecule has 0 aliphatic heterocycles. The topological polar surface area (TPSA) is 0 Å². The van der Waals surface area contributed by atoms with Gasteiger partial charge in [0.25, 0.3) is 0 Å². The number of hydrogen-bond donors (Lipinski definition) is 0. The zero-order valence-corrected chi connectivity index (χ0v) is 24.8. The Morgan fingerprint density at radius 1 is 0.917 bits per heavy atom. The molecule has 0 radical (unpaired) electrons. The number of rotatable bonds is 6. The van der Waals surface area contributed by atoms with Gasteiger partial charge in [0.1, 0.15) is 0 Å². The molecule has 4 heteroatoms. The van der Waals surface area contributed by atoms with E-state index in [9.17, 15) is 0 Å². The fourth-order valence-electron chi connectivity index (χ4n) is 0.831. The number of unbranched alkanes of at least 4 members (excludes halogenated alkanes) is 5. The van der Waals surface area contributed by atoms with Gasteiger partial charge in [-0.25, -0.2) is 6.42 Å². The van der Waals surface area contributed by atoms with Crippen molar-refractivity contribution in [1.29, 1.82) is 0 Å². The van der Waals surface area contributed by atoms with E-state index in [1.807, 2.05) is 5.75 Å². The zero-order valence-electron chi connectivity index (χ0n) is 9.23. The van der Waals surface area contributed by atoms with Crippen LogP contribution in [-0.4, -0.2) is 0 Å². The maximum Gasteiger partial charge on any atom is 1.00 e. The fraction of sp³-hybridized carbons (Fsp3) is 0.875. The van der Waals surface area contributed by atoms with Crippen molar-refractivity contribution in [2.75, 3.05) is 0 Å². The fourth-order valence-corrected chi connectivity index (χ4v) is 0.998. The average molecular weight is 401 g/mol. The molecule has 56 valence electrons. The van der Waals surface area contributed by atoms with E-state index in [1.165, 1.54) is 32.1 Å². The van der Waals surface area contributed by atoms with Crippen LogP contribution >= 0.6 is 0 Å². The quantitative estimate of drug-likeness (QED) is 0.243. The Balaban J connectivity index is -0.000000107. The summed E-state index contributed by atoms with van der Waals surface area (Å²) < 4.78 is 0. The summed E-state index contributed by atoms with van der Waals surface area (Å²) in [5.41, 5.74) is 0. The molecule has 0 aromatic heterocycles. The molecule has 0 spiro atoms. The van der Waals surface area contributed by atoms with Gasteiger partial charge in [0.2, 0.25) is 0 Å². The van der Waals surface area contributed by atoms with Crippen molar-refractivity contribution in [3.63, 3.8) is 0 Å². The average Bonchev–Trinajstić information content (AvgIpc) is 1.89. The van der Waals surface area contributed by atoms with E-state index < -0.39 is 0 Å². The van der Waals surface area contributed by atoms with Crippen LogP contribution in [0, 0.1) is 5.75 Å². The van der Waals surface area contributed by atoms with Gasteiger partial charge in [-0.05, 0) is 0 Å². The van der Waals surface area contributed by atoms with Crippen LogP contribution in [0.15, 0.2) is 0 Å². The van der Waals surface area contributed by atoms with Crippen molar-refractivity contribution >= 4 is 12.6 Å². The summed E-state index contributed by atoms with van der Waals surface area (Å²) in [6.07, 6.45) is 7.89. The van der Waals surface area contributed by atoms with Crippen LogP contribution in [0.3, 0.4) is 0 Å². The van der Waals surface area contributed by atoms with Gasteiger partial charge in [-0.3, -0.25) is 0 Å². The second kappa shape index (κ2) is 25.6. The van der Waals surface area contributed by atoms with Crippen LogP contribution in [0.25, 0.3) is 0 Å². The van der Waals surface area contributed by atoms with E-state index in [1.54, 1.807) is 0 Å². The van der Waals surface area contributed by atoms with Gasteiger partial charge in [0.15, 0.2) is 0 Å². The van der Waals surface area contributed by atoms with Gasteiger partial charge in [0.05, 0.1) is 0 Å². The summed E-state index contributed by atoms with van der Waals surface area (Å²) in [5, 5.41) is 0. The third-order valence-corrected chi connectivity index (χ3v) is 1.66. The molecule has 0 nitrogen and oxygen atoms in total. The van der Waals surface area contributed by atoms with Crippen LogP contribution < -0.4 is 175 Å². The van der Waals surface area contributed by atoms with E-state index in [0.717, 1.165) is 6.42 Å². The summed E-state index contributed by atoms with van der Waals surface area (Å²) in [5.74, 6) is 1.84. The maximum atomic E-state index is 4.70. The summed E-state index contributed by atoms with van der Waals surface area (Å²) in [6.45, 7) is 2.24. The molecular weight excluding hydrogens is 385 g/mol. The molecule has 0 fully saturated rings. The van der Waals surface area contributed by atoms with Crippen LogP contribution in [0.1, 0.15) is 45.4 Å². The molecule has 0 unspecified atom stereocenters. The van der Waals surface area contributed by atoms with Crippen molar-refractivity contribution in [3.05, 3.63) is 5.75 Å². The van der Waals surface area contributed by atoms with Crippen LogP contribution in [0.2, 0.25) is 0 Å². The molecule has 12 heavy (non-hydrogen) atoms. The minimum Gasteiger partial charge on any atom is -1.01 e. The molecule has 0 rings (SSSR count). The minimum absolute atomic E-state index is 0. The molecule has 0 atom stereocenters. The minimum atomic E-state index is 0. The smallest absolute Gasteiger partial charge is 1.00 e. The normalized spacial score (nSPS) is 7.50. The molecule has 0 aliphatic carbocycles. The molecule has 0 aromatic rings. The predicted octanol–water partition coefficient (Wildman–Crippen LogP) is -5.93. The van der Waals surface area contributed by atoms with Crippen LogP contribution in [0.5, 0.6) is 0 Å². The molecule has 0 heterocycles. The van der Waals surface area contributed by atoms with E-state index in [-0.39, 0.29) is 175 Å². The maximum absolute atomic E-state index is 4.70. The largest absolute Gasteiger partial charge is 1.01 e. The van der Waals surface area contributed by atoms with E-state index in [0.29, 0.717) is 0 Å². The monoisotopic (exact) mass is 399 g/mol. The molecule has 0 amide bonds. The second-order valence-corrected chi connectivity index (χ2v) is 2.70. The molecule has 0 N–H and O–H groups in total. The SMILES string of the molecule is CCCCCCC[CH-][S-].[Rb+].[Rb+].[Rb+]. The summed E-state index contributed by atoms with van der Waals surface area (Å²) >= 11 is 4.70. The van der Waals surface area contributed by atoms with Gasteiger partial charge >= 0.3 is 175 Å². The summed E-state index contributed by atoms with van der Waals surface area (Å²) in [4.78, 5) is 0. The van der Waals surface area contributed by atoms with Crippen molar-refractivity contribution in [2.45, 2.75) is 45.4 Å². The van der Waals surface area contributed by atoms with Gasteiger partial charge in [-0.2, -0.15) is 0 Å². The Labute approximate surface area is 230 Å². The molecule has 0 saturated heterocycles. The van der Waals surface area contributed by atoms with Gasteiger partial charge in [0, 0.05) is 0 Å². The first-order chi connectivity index (χ1) is 4.41. The van der Waals surface area contributed by atoms with Crippen LogP contribution in [-0.2, 0) is 12.6 Å². The number of hydrogen-bond acceptors (Lipinski definition) is 1. The van der Waals surface area contributed by atoms with Gasteiger partial charge in [-0.15, -0.1) is 0 Å². The third kappa shape index (κ3) is 24.8. The summed E-state index contributed by atoms with van der Waals surface area (Å²) in [6, 6.07) is 0. The Bertz CT molecular complexity index is 47.6. The zero-order chi connectivity index (χ0) is 6.95. The Hall–Kier alpha value is 5.77. The first-order valence-electron chi connectivity index (χ1n) is 3.85. The van der Waals surface area contributed by atoms with E-state index >= 15 is 0 Å². The third-order valence-electron chi connectivity index (χ3n) is 1.43. The van der Waals surface area contributed by atoms with Crippen molar-refractivity contribution in [2.24, 2.45) is 0 Å². The van der Waals surface area contributed by atoms with Crippen molar-refractivity contribution < 1.29 is 175 Å². The Morgan fingerprint density at radius 3 is 1.83 bits per heavy atom. The van der Waals surface area contributed by atoms with Crippen LogP contribution in [0.4, 0.5) is 0 Å². The molecule has 0 bridgehead atoms. The second-order valence-electron chi connectivity index (χ2n) is 2.37. The van der Waals surface area contributed by atoms with E-state index in [4.69, 9.17) is 12.6 Å². The summed E-state index contributed by atoms with van der Waals surface area (Å²) in [7, 11) is 0. The molecular formula is C8H16Rb3S+. The first-order valence-corrected chi connectivity index (χ1v) is 4.32. The Kier molecular flexibility index (Phi) is 56.2. The first kappa shape index (κ1) is 26.4. The molecule has 0 aliphatic rings. The molecule has 0 aromatic carbocycles. The van der Waals surface area contributed by atoms with E-state index in [2.05, 4.69) is 6.92 Å². The van der Waals surface area contributed by atoms with Gasteiger partial charge in [-0.1, -0.05) is 39.0 Å². The molecule has 0 saturated carbocycles. The standard InChI is InChI=1S/C8H16S.3Rb/c1-2-3-4-5-6-7-8-9;;;/h8H,2-7H2,1H3;;;/q-2;3*+1.